The molecule has 14 heteroatoms. The fourth-order valence-electron chi connectivity index (χ4n) is 3.78. The van der Waals surface area contributed by atoms with E-state index in [2.05, 4.69) is 25.3 Å². The van der Waals surface area contributed by atoms with Crippen molar-refractivity contribution in [1.29, 1.82) is 0 Å². The standard InChI is InChI=1S/C26H17F7N6O/c1-25(29,30)13-40-15-6-7-16(18(9-15)26(31,32)33)20-8-5-14(37-38-20)11-39-12-22-21(10-34-39)35-24(36-22)17-3-2-4-19(27)23(17)28/h2-10,12H,11,13H2,1H3. The zero-order chi connectivity index (χ0) is 28.7. The molecule has 0 spiro atoms. The van der Waals surface area contributed by atoms with Crippen molar-refractivity contribution in [3.05, 3.63) is 83.8 Å². The molecule has 0 bridgehead atoms. The van der Waals surface area contributed by atoms with Gasteiger partial charge in [0, 0.05) is 12.5 Å². The summed E-state index contributed by atoms with van der Waals surface area (Å²) in [4.78, 5) is 8.41. The van der Waals surface area contributed by atoms with Gasteiger partial charge in [-0.05, 0) is 42.5 Å². The van der Waals surface area contributed by atoms with Crippen LogP contribution in [0.25, 0.3) is 34.0 Å². The maximum atomic E-state index is 14.1. The summed E-state index contributed by atoms with van der Waals surface area (Å²) in [5.74, 6) is -5.70. The van der Waals surface area contributed by atoms with Crippen LogP contribution in [-0.4, -0.2) is 42.5 Å². The zero-order valence-corrected chi connectivity index (χ0v) is 20.4. The second kappa shape index (κ2) is 10.2. The normalized spacial score (nSPS) is 12.2. The quantitative estimate of drug-likeness (QED) is 0.217. The van der Waals surface area contributed by atoms with Gasteiger partial charge >= 0.3 is 6.18 Å². The molecule has 0 aliphatic carbocycles. The van der Waals surface area contributed by atoms with Crippen molar-refractivity contribution in [2.24, 2.45) is 0 Å². The van der Waals surface area contributed by atoms with Gasteiger partial charge in [-0.1, -0.05) is 6.07 Å². The number of alkyl halides is 5. The largest absolute Gasteiger partial charge is 0.487 e. The van der Waals surface area contributed by atoms with Gasteiger partial charge in [0.25, 0.3) is 5.92 Å². The smallest absolute Gasteiger partial charge is 0.417 e. The van der Waals surface area contributed by atoms with E-state index in [-0.39, 0.29) is 34.9 Å². The third-order valence-electron chi connectivity index (χ3n) is 5.62. The Balaban J connectivity index is 1.37. The predicted octanol–water partition coefficient (Wildman–Crippen LogP) is 6.28. The minimum Gasteiger partial charge on any atom is -0.487 e. The van der Waals surface area contributed by atoms with E-state index in [9.17, 15) is 30.7 Å². The molecular weight excluding hydrogens is 545 g/mol. The highest BCUT2D eigenvalue weighted by Gasteiger charge is 2.35. The van der Waals surface area contributed by atoms with Crippen LogP contribution in [0.4, 0.5) is 30.7 Å². The van der Waals surface area contributed by atoms with E-state index in [1.54, 1.807) is 0 Å². The number of fused-ring (bicyclic) bond motifs is 1. The molecule has 3 aromatic rings. The van der Waals surface area contributed by atoms with Crippen molar-refractivity contribution >= 4 is 0 Å². The number of rotatable bonds is 7. The van der Waals surface area contributed by atoms with Crippen LogP contribution in [0, 0.1) is 11.6 Å². The van der Waals surface area contributed by atoms with Gasteiger partial charge in [0.15, 0.2) is 24.1 Å². The second-order valence-corrected chi connectivity index (χ2v) is 8.86. The summed E-state index contributed by atoms with van der Waals surface area (Å²) < 4.78 is 101. The van der Waals surface area contributed by atoms with Gasteiger partial charge in [0.1, 0.15) is 17.1 Å². The number of hydrogen-bond acceptors (Lipinski definition) is 6. The molecule has 2 aliphatic heterocycles. The average molecular weight is 562 g/mol. The number of nitrogens with zero attached hydrogens (tertiary/aromatic N) is 6. The molecular formula is C26H17F7N6O. The highest BCUT2D eigenvalue weighted by molar-refractivity contribution is 5.66. The maximum Gasteiger partial charge on any atom is 0.417 e. The fourth-order valence-corrected chi connectivity index (χ4v) is 3.78. The molecule has 0 radical (unpaired) electrons. The molecule has 0 atom stereocenters. The lowest BCUT2D eigenvalue weighted by molar-refractivity contribution is -0.137. The van der Waals surface area contributed by atoms with E-state index in [4.69, 9.17) is 4.74 Å². The summed E-state index contributed by atoms with van der Waals surface area (Å²) in [7, 11) is 0. The minimum atomic E-state index is -4.81. The Morgan fingerprint density at radius 3 is 2.33 bits per heavy atom. The number of halogens is 7. The van der Waals surface area contributed by atoms with Crippen LogP contribution < -0.4 is 4.74 Å². The molecule has 1 aromatic heterocycles. The third kappa shape index (κ3) is 5.84. The molecule has 40 heavy (non-hydrogen) atoms. The van der Waals surface area contributed by atoms with Gasteiger partial charge in [-0.25, -0.2) is 27.5 Å². The van der Waals surface area contributed by atoms with Gasteiger partial charge in [0.05, 0.1) is 41.5 Å². The number of aromatic nitrogens is 6. The van der Waals surface area contributed by atoms with Gasteiger partial charge in [-0.3, -0.25) is 4.68 Å². The van der Waals surface area contributed by atoms with Crippen LogP contribution in [0.5, 0.6) is 5.75 Å². The monoisotopic (exact) mass is 562 g/mol. The molecule has 0 saturated carbocycles. The molecule has 2 aromatic carbocycles. The lowest BCUT2D eigenvalue weighted by atomic mass is 10.0. The van der Waals surface area contributed by atoms with E-state index in [1.165, 1.54) is 41.3 Å². The Labute approximate surface area is 221 Å². The van der Waals surface area contributed by atoms with Gasteiger partial charge in [-0.2, -0.15) is 28.5 Å². The zero-order valence-electron chi connectivity index (χ0n) is 20.4. The van der Waals surface area contributed by atoms with Gasteiger partial charge in [0.2, 0.25) is 0 Å². The SMILES string of the molecule is CC(F)(F)COc1ccc(-c2ccc(Cn3cc4nc(-c5cccc(F)c5F)nc-4cn3)nn2)c(C(F)(F)F)c1. The number of imidazole rings is 1. The lowest BCUT2D eigenvalue weighted by Gasteiger charge is -2.16. The molecule has 0 unspecified atom stereocenters. The van der Waals surface area contributed by atoms with Gasteiger partial charge < -0.3 is 4.74 Å². The molecule has 206 valence electrons. The first kappa shape index (κ1) is 27.0. The third-order valence-corrected chi connectivity index (χ3v) is 5.62. The number of benzene rings is 2. The van der Waals surface area contributed by atoms with E-state index in [1.807, 2.05) is 0 Å². The van der Waals surface area contributed by atoms with Crippen LogP contribution in [0.1, 0.15) is 18.2 Å². The minimum absolute atomic E-state index is 0.0176. The van der Waals surface area contributed by atoms with Crippen molar-refractivity contribution in [1.82, 2.24) is 29.9 Å². The first-order valence-electron chi connectivity index (χ1n) is 11.6. The Morgan fingerprint density at radius 2 is 1.62 bits per heavy atom. The van der Waals surface area contributed by atoms with E-state index >= 15 is 0 Å². The maximum absolute atomic E-state index is 14.1. The van der Waals surface area contributed by atoms with Crippen molar-refractivity contribution in [2.75, 3.05) is 6.61 Å². The molecule has 0 fully saturated rings. The highest BCUT2D eigenvalue weighted by atomic mass is 19.4. The molecule has 2 aliphatic rings. The average Bonchev–Trinajstić information content (AvgIpc) is 3.32. The first-order chi connectivity index (χ1) is 18.9. The summed E-state index contributed by atoms with van der Waals surface area (Å²) >= 11 is 0. The van der Waals surface area contributed by atoms with Crippen molar-refractivity contribution < 1.29 is 35.5 Å². The van der Waals surface area contributed by atoms with Crippen molar-refractivity contribution in [3.8, 4) is 39.8 Å². The van der Waals surface area contributed by atoms with E-state index in [0.717, 1.165) is 18.2 Å². The molecule has 3 heterocycles. The Morgan fingerprint density at radius 1 is 0.850 bits per heavy atom. The molecule has 5 rings (SSSR count). The lowest BCUT2D eigenvalue weighted by Crippen LogP contribution is -2.21. The first-order valence-corrected chi connectivity index (χ1v) is 11.6. The molecule has 0 saturated heterocycles. The summed E-state index contributed by atoms with van der Waals surface area (Å²) in [5, 5.41) is 12.1. The second-order valence-electron chi connectivity index (χ2n) is 8.86. The van der Waals surface area contributed by atoms with Crippen LogP contribution in [0.3, 0.4) is 0 Å². The molecule has 7 nitrogen and oxygen atoms in total. The summed E-state index contributed by atoms with van der Waals surface area (Å²) in [6.07, 6.45) is -1.94. The molecule has 0 amide bonds. The Kier molecular flexibility index (Phi) is 6.85. The van der Waals surface area contributed by atoms with Crippen LogP contribution >= 0.6 is 0 Å². The van der Waals surface area contributed by atoms with Crippen LogP contribution in [0.2, 0.25) is 0 Å². The van der Waals surface area contributed by atoms with Crippen LogP contribution in [0.15, 0.2) is 60.9 Å². The van der Waals surface area contributed by atoms with E-state index in [0.29, 0.717) is 30.1 Å². The molecule has 0 N–H and O–H groups in total. The Bertz CT molecular complexity index is 1630. The summed E-state index contributed by atoms with van der Waals surface area (Å²) in [6.45, 7) is -0.424. The highest BCUT2D eigenvalue weighted by Crippen LogP contribution is 2.38. The van der Waals surface area contributed by atoms with Crippen LogP contribution in [-0.2, 0) is 12.7 Å². The summed E-state index contributed by atoms with van der Waals surface area (Å²) in [6, 6.07) is 9.30. The topological polar surface area (TPSA) is 78.6 Å². The van der Waals surface area contributed by atoms with Crippen molar-refractivity contribution in [2.45, 2.75) is 25.6 Å². The summed E-state index contributed by atoms with van der Waals surface area (Å²) in [5.41, 5.74) is -0.602. The van der Waals surface area contributed by atoms with E-state index < -0.39 is 35.9 Å². The number of hydrogen-bond donors (Lipinski definition) is 0. The predicted molar refractivity (Wildman–Crippen MR) is 127 cm³/mol. The van der Waals surface area contributed by atoms with Crippen molar-refractivity contribution in [3.63, 3.8) is 0 Å². The number of ether oxygens (including phenoxy) is 1. The fraction of sp³-hybridized carbons (Fsp3) is 0.192. The van der Waals surface area contributed by atoms with Gasteiger partial charge in [-0.15, -0.1) is 0 Å². The Hall–Kier alpha value is -4.62.